The Morgan fingerprint density at radius 2 is 0.925 bits per heavy atom. The van der Waals surface area contributed by atoms with E-state index < -0.39 is 0 Å². The fraction of sp³-hybridized carbons (Fsp3) is 0. The van der Waals surface area contributed by atoms with Gasteiger partial charge in [0.1, 0.15) is 0 Å². The van der Waals surface area contributed by atoms with E-state index in [1.54, 1.807) is 0 Å². The van der Waals surface area contributed by atoms with Gasteiger partial charge < -0.3 is 9.13 Å². The average Bonchev–Trinajstić information content (AvgIpc) is 3.91. The van der Waals surface area contributed by atoms with Gasteiger partial charge in [0.05, 0.1) is 16.6 Å². The van der Waals surface area contributed by atoms with E-state index in [2.05, 4.69) is 125 Å². The summed E-state index contributed by atoms with van der Waals surface area (Å²) in [6, 6.07) is 59.9. The maximum atomic E-state index is 4.98. The Morgan fingerprint density at radius 3 is 1.60 bits per heavy atom. The fourth-order valence-electron chi connectivity index (χ4n) is 7.65. The number of fused-ring (bicyclic) bond motifs is 7. The molecule has 0 saturated carbocycles. The molecule has 0 amide bonds. The lowest BCUT2D eigenvalue weighted by Gasteiger charge is -2.11. The minimum atomic E-state index is 0.641. The monoisotopic (exact) mass is 695 g/mol. The van der Waals surface area contributed by atoms with Gasteiger partial charge >= 0.3 is 0 Å². The lowest BCUT2D eigenvalue weighted by atomic mass is 10.1. The molecular formula is C47H29N5S. The van der Waals surface area contributed by atoms with Crippen LogP contribution in [0, 0.1) is 0 Å². The Morgan fingerprint density at radius 1 is 0.377 bits per heavy atom. The third-order valence-corrected chi connectivity index (χ3v) is 11.3. The van der Waals surface area contributed by atoms with E-state index in [1.165, 1.54) is 52.9 Å². The van der Waals surface area contributed by atoms with E-state index in [0.717, 1.165) is 28.1 Å². The number of aromatic nitrogens is 5. The number of hydrogen-bond acceptors (Lipinski definition) is 4. The Hall–Kier alpha value is -6.89. The molecule has 0 aliphatic carbocycles. The third-order valence-electron chi connectivity index (χ3n) is 10.2. The zero-order valence-corrected chi connectivity index (χ0v) is 29.2. The van der Waals surface area contributed by atoms with E-state index in [0.29, 0.717) is 17.5 Å². The molecule has 0 aliphatic heterocycles. The van der Waals surface area contributed by atoms with Crippen LogP contribution < -0.4 is 0 Å². The minimum absolute atomic E-state index is 0.641. The van der Waals surface area contributed by atoms with Crippen molar-refractivity contribution < 1.29 is 0 Å². The molecule has 0 radical (unpaired) electrons. The van der Waals surface area contributed by atoms with Crippen molar-refractivity contribution in [3.05, 3.63) is 176 Å². The number of hydrogen-bond donors (Lipinski definition) is 0. The molecule has 0 fully saturated rings. The Labute approximate surface area is 308 Å². The van der Waals surface area contributed by atoms with Crippen LogP contribution in [0.1, 0.15) is 0 Å². The fourth-order valence-corrected chi connectivity index (χ4v) is 8.78. The van der Waals surface area contributed by atoms with Crippen molar-refractivity contribution >= 4 is 64.2 Å². The summed E-state index contributed by atoms with van der Waals surface area (Å²) in [6.45, 7) is 0. The van der Waals surface area contributed by atoms with Gasteiger partial charge in [0.25, 0.3) is 0 Å². The molecule has 11 rings (SSSR count). The highest BCUT2D eigenvalue weighted by Crippen LogP contribution is 2.42. The molecule has 7 aromatic carbocycles. The third kappa shape index (κ3) is 4.88. The zero-order valence-electron chi connectivity index (χ0n) is 28.4. The van der Waals surface area contributed by atoms with E-state index in [4.69, 9.17) is 15.0 Å². The van der Waals surface area contributed by atoms with Crippen LogP contribution in [0.15, 0.2) is 176 Å². The van der Waals surface area contributed by atoms with E-state index >= 15 is 0 Å². The summed E-state index contributed by atoms with van der Waals surface area (Å²) in [5.41, 5.74) is 8.61. The van der Waals surface area contributed by atoms with Gasteiger partial charge in [-0.2, -0.15) is 0 Å². The van der Waals surface area contributed by atoms with Gasteiger partial charge in [-0.3, -0.25) is 0 Å². The first-order valence-electron chi connectivity index (χ1n) is 17.7. The predicted octanol–water partition coefficient (Wildman–Crippen LogP) is 12.3. The maximum absolute atomic E-state index is 4.98. The van der Waals surface area contributed by atoms with Crippen molar-refractivity contribution in [1.29, 1.82) is 0 Å². The van der Waals surface area contributed by atoms with E-state index in [1.807, 2.05) is 72.0 Å². The van der Waals surface area contributed by atoms with Gasteiger partial charge in [0.2, 0.25) is 0 Å². The highest BCUT2D eigenvalue weighted by atomic mass is 32.1. The topological polar surface area (TPSA) is 48.5 Å². The molecule has 248 valence electrons. The molecule has 5 nitrogen and oxygen atoms in total. The molecule has 0 atom stereocenters. The van der Waals surface area contributed by atoms with Gasteiger partial charge in [0, 0.05) is 70.6 Å². The minimum Gasteiger partial charge on any atom is -0.317 e. The van der Waals surface area contributed by atoms with Crippen LogP contribution in [-0.2, 0) is 0 Å². The highest BCUT2D eigenvalue weighted by Gasteiger charge is 2.19. The maximum Gasteiger partial charge on any atom is 0.164 e. The number of para-hydroxylation sites is 1. The van der Waals surface area contributed by atoms with E-state index in [-0.39, 0.29) is 0 Å². The largest absolute Gasteiger partial charge is 0.317 e. The van der Waals surface area contributed by atoms with Crippen molar-refractivity contribution in [2.75, 3.05) is 0 Å². The molecule has 6 heteroatoms. The molecular weight excluding hydrogens is 667 g/mol. The summed E-state index contributed by atoms with van der Waals surface area (Å²) in [7, 11) is 0. The molecule has 53 heavy (non-hydrogen) atoms. The summed E-state index contributed by atoms with van der Waals surface area (Å²) >= 11 is 1.86. The molecule has 4 aromatic heterocycles. The van der Waals surface area contributed by atoms with Crippen LogP contribution in [0.25, 0.3) is 98.4 Å². The number of thiophene rings is 1. The van der Waals surface area contributed by atoms with Crippen LogP contribution in [0.2, 0.25) is 0 Å². The van der Waals surface area contributed by atoms with Gasteiger partial charge in [-0.25, -0.2) is 15.0 Å². The lowest BCUT2D eigenvalue weighted by Crippen LogP contribution is -2.00. The summed E-state index contributed by atoms with van der Waals surface area (Å²) in [6.07, 6.45) is 2.17. The van der Waals surface area contributed by atoms with Crippen molar-refractivity contribution in [3.8, 4) is 45.5 Å². The second-order valence-corrected chi connectivity index (χ2v) is 14.4. The number of benzene rings is 7. The van der Waals surface area contributed by atoms with Gasteiger partial charge in [-0.05, 0) is 72.8 Å². The summed E-state index contributed by atoms with van der Waals surface area (Å²) < 4.78 is 7.30. The average molecular weight is 696 g/mol. The number of nitrogens with zero attached hydrogens (tertiary/aromatic N) is 5. The first-order valence-corrected chi connectivity index (χ1v) is 18.5. The first kappa shape index (κ1) is 29.8. The van der Waals surface area contributed by atoms with Crippen molar-refractivity contribution in [2.45, 2.75) is 0 Å². The standard InChI is InChI=1S/C47H29N5S/c1-4-12-30(13-5-1)45-48-46(31-14-6-2-7-15-31)50-47(49-45)32-20-22-35(23-21-32)52-41-26-33-24-25-51(34-16-8-3-9-17-34)40(33)27-37(41)38-29-44-39(28-42(38)52)36-18-10-11-19-43(36)53-44/h1-29H. The Balaban J connectivity index is 1.12. The Kier molecular flexibility index (Phi) is 6.66. The van der Waals surface area contributed by atoms with Crippen LogP contribution in [0.5, 0.6) is 0 Å². The van der Waals surface area contributed by atoms with Gasteiger partial charge in [0.15, 0.2) is 17.5 Å². The smallest absolute Gasteiger partial charge is 0.164 e. The van der Waals surface area contributed by atoms with Crippen LogP contribution in [0.3, 0.4) is 0 Å². The summed E-state index contributed by atoms with van der Waals surface area (Å²) in [4.78, 5) is 14.8. The highest BCUT2D eigenvalue weighted by molar-refractivity contribution is 7.25. The normalized spacial score (nSPS) is 11.8. The molecule has 11 aromatic rings. The first-order chi connectivity index (χ1) is 26.2. The molecule has 0 unspecified atom stereocenters. The lowest BCUT2D eigenvalue weighted by molar-refractivity contribution is 1.07. The van der Waals surface area contributed by atoms with Gasteiger partial charge in [-0.1, -0.05) is 97.1 Å². The molecule has 0 saturated heterocycles. The second-order valence-electron chi connectivity index (χ2n) is 13.3. The molecule has 0 bridgehead atoms. The summed E-state index contributed by atoms with van der Waals surface area (Å²) in [5, 5.41) is 6.23. The SMILES string of the molecule is c1ccc(-c2nc(-c3ccccc3)nc(-c3ccc(-n4c5cc6ccn(-c7ccccc7)c6cc5c5cc6sc7ccccc7c6cc54)cc3)n2)cc1. The summed E-state index contributed by atoms with van der Waals surface area (Å²) in [5.74, 6) is 1.95. The predicted molar refractivity (Wildman–Crippen MR) is 220 cm³/mol. The molecule has 0 aliphatic rings. The molecule has 0 spiro atoms. The van der Waals surface area contributed by atoms with Crippen molar-refractivity contribution in [2.24, 2.45) is 0 Å². The second kappa shape index (κ2) is 11.8. The molecule has 0 N–H and O–H groups in total. The zero-order chi connectivity index (χ0) is 34.9. The van der Waals surface area contributed by atoms with Gasteiger partial charge in [-0.15, -0.1) is 11.3 Å². The van der Waals surface area contributed by atoms with Crippen molar-refractivity contribution in [3.63, 3.8) is 0 Å². The van der Waals surface area contributed by atoms with Crippen LogP contribution in [0.4, 0.5) is 0 Å². The molecule has 4 heterocycles. The van der Waals surface area contributed by atoms with Crippen molar-refractivity contribution in [1.82, 2.24) is 24.1 Å². The quantitative estimate of drug-likeness (QED) is 0.180. The number of rotatable bonds is 5. The van der Waals surface area contributed by atoms with E-state index in [9.17, 15) is 0 Å². The Bertz CT molecular complexity index is 3080. The van der Waals surface area contributed by atoms with Crippen LogP contribution in [-0.4, -0.2) is 24.1 Å². The van der Waals surface area contributed by atoms with Crippen LogP contribution >= 0.6 is 11.3 Å².